The van der Waals surface area contributed by atoms with Crippen LogP contribution in [0.4, 0.5) is 5.69 Å². The van der Waals surface area contributed by atoms with E-state index in [9.17, 15) is 13.2 Å². The fraction of sp³-hybridized carbons (Fsp3) is 0.300. The van der Waals surface area contributed by atoms with Crippen molar-refractivity contribution in [3.8, 4) is 5.75 Å². The molecule has 29 heavy (non-hydrogen) atoms. The van der Waals surface area contributed by atoms with Gasteiger partial charge in [-0.25, -0.2) is 13.8 Å². The number of amides is 1. The fourth-order valence-electron chi connectivity index (χ4n) is 2.67. The molecule has 0 aliphatic rings. The minimum absolute atomic E-state index is 0.238. The van der Waals surface area contributed by atoms with E-state index in [4.69, 9.17) is 16.3 Å². The first-order chi connectivity index (χ1) is 13.5. The van der Waals surface area contributed by atoms with Gasteiger partial charge < -0.3 is 4.74 Å². The summed E-state index contributed by atoms with van der Waals surface area (Å²) in [5.41, 5.74) is 6.88. The lowest BCUT2D eigenvalue weighted by molar-refractivity contribution is -0.119. The number of ether oxygens (including phenoxy) is 1. The zero-order chi connectivity index (χ0) is 21.8. The summed E-state index contributed by atoms with van der Waals surface area (Å²) in [5.74, 6) is -0.179. The van der Waals surface area contributed by atoms with Crippen molar-refractivity contribution in [2.45, 2.75) is 20.8 Å². The van der Waals surface area contributed by atoms with Crippen LogP contribution in [0, 0.1) is 20.8 Å². The third-order valence-electron chi connectivity index (χ3n) is 4.60. The number of sulfonamides is 1. The van der Waals surface area contributed by atoms with E-state index < -0.39 is 22.5 Å². The molecule has 0 radical (unpaired) electrons. The minimum atomic E-state index is -3.72. The summed E-state index contributed by atoms with van der Waals surface area (Å²) in [6, 6.07) is 8.37. The van der Waals surface area contributed by atoms with Gasteiger partial charge in [0, 0.05) is 0 Å². The van der Waals surface area contributed by atoms with Gasteiger partial charge in [-0.15, -0.1) is 0 Å². The van der Waals surface area contributed by atoms with Gasteiger partial charge in [0.15, 0.2) is 0 Å². The van der Waals surface area contributed by atoms with Gasteiger partial charge in [0.2, 0.25) is 10.0 Å². The molecule has 0 aromatic heterocycles. The summed E-state index contributed by atoms with van der Waals surface area (Å²) < 4.78 is 30.4. The molecule has 7 nitrogen and oxygen atoms in total. The van der Waals surface area contributed by atoms with Gasteiger partial charge >= 0.3 is 0 Å². The number of aryl methyl sites for hydroxylation is 1. The zero-order valence-electron chi connectivity index (χ0n) is 17.0. The quantitative estimate of drug-likeness (QED) is 0.532. The lowest BCUT2D eigenvalue weighted by Gasteiger charge is -2.22. The highest BCUT2D eigenvalue weighted by Gasteiger charge is 2.21. The van der Waals surface area contributed by atoms with Crippen molar-refractivity contribution in [3.63, 3.8) is 0 Å². The van der Waals surface area contributed by atoms with Gasteiger partial charge in [0.1, 0.15) is 12.3 Å². The molecule has 1 N–H and O–H groups in total. The van der Waals surface area contributed by atoms with Gasteiger partial charge in [-0.05, 0) is 61.2 Å². The lowest BCUT2D eigenvalue weighted by atomic mass is 10.00. The molecular weight excluding hydrogens is 414 g/mol. The molecule has 0 fully saturated rings. The van der Waals surface area contributed by atoms with Crippen LogP contribution in [0.1, 0.15) is 22.3 Å². The summed E-state index contributed by atoms with van der Waals surface area (Å²) >= 11 is 6.08. The van der Waals surface area contributed by atoms with Crippen LogP contribution in [0.25, 0.3) is 0 Å². The molecule has 2 aromatic carbocycles. The molecule has 2 rings (SSSR count). The van der Waals surface area contributed by atoms with Crippen LogP contribution in [-0.2, 0) is 14.8 Å². The third-order valence-corrected chi connectivity index (χ3v) is 6.04. The average Bonchev–Trinajstić information content (AvgIpc) is 2.65. The molecule has 0 saturated carbocycles. The van der Waals surface area contributed by atoms with Crippen LogP contribution in [0.5, 0.6) is 5.75 Å². The highest BCUT2D eigenvalue weighted by atomic mass is 35.5. The number of hydrogen-bond donors (Lipinski definition) is 1. The number of carbonyl (C=O) groups is 1. The van der Waals surface area contributed by atoms with Gasteiger partial charge in [-0.1, -0.05) is 23.7 Å². The fourth-order valence-corrected chi connectivity index (χ4v) is 3.77. The van der Waals surface area contributed by atoms with Crippen molar-refractivity contribution < 1.29 is 17.9 Å². The maximum atomic E-state index is 12.3. The first-order valence-corrected chi connectivity index (χ1v) is 11.0. The van der Waals surface area contributed by atoms with Crippen LogP contribution in [-0.4, -0.2) is 40.4 Å². The van der Waals surface area contributed by atoms with E-state index in [0.717, 1.165) is 27.3 Å². The summed E-state index contributed by atoms with van der Waals surface area (Å²) in [4.78, 5) is 12.3. The molecule has 0 aliphatic heterocycles. The topological polar surface area (TPSA) is 88.1 Å². The smallest absolute Gasteiger partial charge is 0.260 e. The normalized spacial score (nSPS) is 11.5. The summed E-state index contributed by atoms with van der Waals surface area (Å²) in [6.45, 7) is 5.58. The number of anilines is 1. The first-order valence-electron chi connectivity index (χ1n) is 8.74. The predicted molar refractivity (Wildman–Crippen MR) is 117 cm³/mol. The number of rotatable bonds is 7. The predicted octanol–water partition coefficient (Wildman–Crippen LogP) is 3.19. The van der Waals surface area contributed by atoms with E-state index in [-0.39, 0.29) is 10.7 Å². The first kappa shape index (κ1) is 22.7. The SMILES string of the molecule is COc1ccc(N(CC(=O)N/N=C\c2ccc(C)c(C)c2C)S(C)(=O)=O)cc1Cl. The largest absolute Gasteiger partial charge is 0.495 e. The van der Waals surface area contributed by atoms with E-state index in [1.807, 2.05) is 32.9 Å². The molecule has 0 aliphatic carbocycles. The molecule has 0 heterocycles. The van der Waals surface area contributed by atoms with Crippen LogP contribution in [0.2, 0.25) is 5.02 Å². The van der Waals surface area contributed by atoms with Crippen molar-refractivity contribution in [1.82, 2.24) is 5.43 Å². The number of halogens is 1. The molecule has 156 valence electrons. The van der Waals surface area contributed by atoms with E-state index in [0.29, 0.717) is 5.75 Å². The van der Waals surface area contributed by atoms with Crippen molar-refractivity contribution in [1.29, 1.82) is 0 Å². The second-order valence-corrected chi connectivity index (χ2v) is 8.92. The molecule has 1 amide bonds. The number of hydrogen-bond acceptors (Lipinski definition) is 5. The maximum absolute atomic E-state index is 12.3. The Morgan fingerprint density at radius 3 is 2.48 bits per heavy atom. The summed E-state index contributed by atoms with van der Waals surface area (Å²) in [5, 5.41) is 4.19. The van der Waals surface area contributed by atoms with Crippen LogP contribution in [0.15, 0.2) is 35.4 Å². The standard InChI is InChI=1S/C20H24ClN3O4S/c1-13-6-7-16(15(3)14(13)2)11-22-23-20(25)12-24(29(5,26)27)17-8-9-19(28-4)18(21)10-17/h6-11H,12H2,1-5H3,(H,23,25)/b22-11-. The van der Waals surface area contributed by atoms with E-state index in [1.165, 1.54) is 37.1 Å². The molecule has 0 bridgehead atoms. The Bertz CT molecular complexity index is 1050. The zero-order valence-corrected chi connectivity index (χ0v) is 18.6. The van der Waals surface area contributed by atoms with E-state index >= 15 is 0 Å². The Balaban J connectivity index is 2.15. The Hall–Kier alpha value is -2.58. The van der Waals surface area contributed by atoms with Crippen molar-refractivity contribution in [3.05, 3.63) is 57.6 Å². The van der Waals surface area contributed by atoms with Crippen LogP contribution < -0.4 is 14.5 Å². The lowest BCUT2D eigenvalue weighted by Crippen LogP contribution is -2.39. The minimum Gasteiger partial charge on any atom is -0.495 e. The van der Waals surface area contributed by atoms with E-state index in [1.54, 1.807) is 0 Å². The number of benzene rings is 2. The molecule has 0 saturated heterocycles. The number of nitrogens with zero attached hydrogens (tertiary/aromatic N) is 2. The summed E-state index contributed by atoms with van der Waals surface area (Å²) in [7, 11) is -2.27. The highest BCUT2D eigenvalue weighted by Crippen LogP contribution is 2.30. The number of methoxy groups -OCH3 is 1. The maximum Gasteiger partial charge on any atom is 0.260 e. The summed E-state index contributed by atoms with van der Waals surface area (Å²) in [6.07, 6.45) is 2.55. The second kappa shape index (κ2) is 9.28. The van der Waals surface area contributed by atoms with E-state index in [2.05, 4.69) is 10.5 Å². The number of hydrazone groups is 1. The van der Waals surface area contributed by atoms with Crippen LogP contribution >= 0.6 is 11.6 Å². The van der Waals surface area contributed by atoms with Gasteiger partial charge in [-0.3, -0.25) is 9.10 Å². The average molecular weight is 438 g/mol. The second-order valence-electron chi connectivity index (χ2n) is 6.60. The van der Waals surface area contributed by atoms with Crippen LogP contribution in [0.3, 0.4) is 0 Å². The molecule has 0 unspecified atom stereocenters. The Labute approximate surface area is 176 Å². The highest BCUT2D eigenvalue weighted by molar-refractivity contribution is 7.92. The monoisotopic (exact) mass is 437 g/mol. The Morgan fingerprint density at radius 1 is 1.21 bits per heavy atom. The molecular formula is C20H24ClN3O4S. The molecule has 9 heteroatoms. The third kappa shape index (κ3) is 5.71. The Kier molecular flexibility index (Phi) is 7.26. The molecule has 0 atom stereocenters. The van der Waals surface area contributed by atoms with Crippen molar-refractivity contribution in [2.75, 3.05) is 24.2 Å². The van der Waals surface area contributed by atoms with Crippen molar-refractivity contribution in [2.24, 2.45) is 5.10 Å². The van der Waals surface area contributed by atoms with Gasteiger partial charge in [-0.2, -0.15) is 5.10 Å². The number of nitrogens with one attached hydrogen (secondary N) is 1. The Morgan fingerprint density at radius 2 is 1.90 bits per heavy atom. The molecule has 2 aromatic rings. The molecule has 0 spiro atoms. The van der Waals surface area contributed by atoms with Crippen molar-refractivity contribution >= 4 is 39.4 Å². The van der Waals surface area contributed by atoms with Gasteiger partial charge in [0.05, 0.1) is 30.3 Å². The van der Waals surface area contributed by atoms with Gasteiger partial charge in [0.25, 0.3) is 5.91 Å². The number of carbonyl (C=O) groups excluding carboxylic acids is 1.